The molecule has 12 heteroatoms. The molecule has 0 heterocycles. The maximum atomic E-state index is 12.5. The van der Waals surface area contributed by atoms with E-state index >= 15 is 0 Å². The van der Waals surface area contributed by atoms with Gasteiger partial charge in [-0.15, -0.1) is 0 Å². The molecule has 2 aromatic rings. The van der Waals surface area contributed by atoms with Crippen LogP contribution in [0.5, 0.6) is 5.75 Å². The van der Waals surface area contributed by atoms with Crippen molar-refractivity contribution in [3.8, 4) is 5.75 Å². The Morgan fingerprint density at radius 2 is 1.73 bits per heavy atom. The van der Waals surface area contributed by atoms with E-state index in [4.69, 9.17) is 14.2 Å². The van der Waals surface area contributed by atoms with Gasteiger partial charge in [-0.25, -0.2) is 4.79 Å². The minimum Gasteiger partial charge on any atom is -0.497 e. The number of rotatable bonds is 14. The molecule has 2 N–H and O–H groups in total. The lowest BCUT2D eigenvalue weighted by Gasteiger charge is -2.17. The van der Waals surface area contributed by atoms with Gasteiger partial charge in [0.15, 0.2) is 6.10 Å². The van der Waals surface area contributed by atoms with Crippen molar-refractivity contribution in [1.29, 1.82) is 0 Å². The number of esters is 1. The van der Waals surface area contributed by atoms with Crippen LogP contribution in [0.2, 0.25) is 0 Å². The third-order valence-corrected chi connectivity index (χ3v) is 6.39. The van der Waals surface area contributed by atoms with Gasteiger partial charge >= 0.3 is 5.97 Å². The molecular formula is C25H32FNO9S. The van der Waals surface area contributed by atoms with Crippen molar-refractivity contribution in [2.45, 2.75) is 43.6 Å². The third kappa shape index (κ3) is 10.3. The lowest BCUT2D eigenvalue weighted by atomic mass is 9.95. The van der Waals surface area contributed by atoms with Gasteiger partial charge in [0.1, 0.15) is 16.4 Å². The zero-order valence-corrected chi connectivity index (χ0v) is 21.7. The van der Waals surface area contributed by atoms with Crippen LogP contribution >= 0.6 is 0 Å². The fraction of sp³-hybridized carbons (Fsp3) is 0.400. The number of hydrogen-bond donors (Lipinski definition) is 2. The molecular weight excluding hydrogens is 509 g/mol. The summed E-state index contributed by atoms with van der Waals surface area (Å²) in [4.78, 5) is 36.4. The van der Waals surface area contributed by atoms with Gasteiger partial charge in [-0.1, -0.05) is 30.3 Å². The molecule has 0 fully saturated rings. The molecule has 2 unspecified atom stereocenters. The quantitative estimate of drug-likeness (QED) is 0.209. The molecule has 2 atom stereocenters. The summed E-state index contributed by atoms with van der Waals surface area (Å²) < 4.78 is 48.3. The van der Waals surface area contributed by atoms with Crippen LogP contribution in [-0.4, -0.2) is 57.6 Å². The summed E-state index contributed by atoms with van der Waals surface area (Å²) in [7, 11) is -1.88. The average Bonchev–Trinajstić information content (AvgIpc) is 2.84. The topological polar surface area (TPSA) is 145 Å². The van der Waals surface area contributed by atoms with Crippen LogP contribution in [0.15, 0.2) is 53.4 Å². The van der Waals surface area contributed by atoms with E-state index in [1.165, 1.54) is 33.3 Å². The number of ether oxygens (including phenoxy) is 3. The molecule has 0 aliphatic carbocycles. The summed E-state index contributed by atoms with van der Waals surface area (Å²) in [6.45, 7) is 1.39. The maximum absolute atomic E-state index is 12.5. The number of methoxy groups -OCH3 is 2. The standard InChI is InChI=1S/C25H31NO9S.FH/c1-17(27)19(10-7-13-35-25(29)22(34-3)14-18-8-5-4-6-9-18)15-24(28)26-21-12-11-20(33-2)16-23(21)36(30,31)32;/h4-6,8-9,11-12,16,19,22H,7,10,13-15H2,1-3H3,(H,26,28)(H,30,31,32);1H. The fourth-order valence-corrected chi connectivity index (χ4v) is 4.17. The highest BCUT2D eigenvalue weighted by atomic mass is 32.2. The first-order chi connectivity index (χ1) is 17.0. The highest BCUT2D eigenvalue weighted by molar-refractivity contribution is 7.86. The Morgan fingerprint density at radius 3 is 2.30 bits per heavy atom. The van der Waals surface area contributed by atoms with Crippen LogP contribution in [0.4, 0.5) is 10.4 Å². The van der Waals surface area contributed by atoms with Crippen LogP contribution in [0.3, 0.4) is 0 Å². The van der Waals surface area contributed by atoms with Gasteiger partial charge in [0.05, 0.1) is 19.4 Å². The van der Waals surface area contributed by atoms with E-state index in [0.29, 0.717) is 12.8 Å². The predicted molar refractivity (Wildman–Crippen MR) is 134 cm³/mol. The molecule has 0 saturated heterocycles. The molecule has 0 aliphatic rings. The molecule has 0 saturated carbocycles. The van der Waals surface area contributed by atoms with E-state index < -0.39 is 38.9 Å². The lowest BCUT2D eigenvalue weighted by Crippen LogP contribution is -2.28. The normalized spacial score (nSPS) is 12.5. The van der Waals surface area contributed by atoms with Crippen LogP contribution < -0.4 is 10.1 Å². The number of nitrogens with one attached hydrogen (secondary N) is 1. The molecule has 37 heavy (non-hydrogen) atoms. The van der Waals surface area contributed by atoms with E-state index in [1.54, 1.807) is 0 Å². The Kier molecular flexibility index (Phi) is 12.9. The minimum atomic E-state index is -4.63. The predicted octanol–water partition coefficient (Wildman–Crippen LogP) is 3.21. The summed E-state index contributed by atoms with van der Waals surface area (Å²) in [6, 6.07) is 13.1. The number of anilines is 1. The summed E-state index contributed by atoms with van der Waals surface area (Å²) in [5, 5.41) is 2.42. The number of carbonyl (C=O) groups excluding carboxylic acids is 3. The second-order valence-electron chi connectivity index (χ2n) is 8.12. The van der Waals surface area contributed by atoms with Gasteiger partial charge in [0.25, 0.3) is 10.1 Å². The summed E-state index contributed by atoms with van der Waals surface area (Å²) in [5.74, 6) is -1.85. The monoisotopic (exact) mass is 541 g/mol. The number of ketones is 1. The molecule has 204 valence electrons. The van der Waals surface area contributed by atoms with Crippen molar-refractivity contribution in [3.05, 3.63) is 54.1 Å². The molecule has 0 radical (unpaired) electrons. The molecule has 1 amide bonds. The minimum absolute atomic E-state index is 0. The van der Waals surface area contributed by atoms with Gasteiger partial charge in [0, 0.05) is 31.9 Å². The fourth-order valence-electron chi connectivity index (χ4n) is 3.51. The van der Waals surface area contributed by atoms with Gasteiger partial charge in [-0.05, 0) is 37.5 Å². The van der Waals surface area contributed by atoms with Crippen LogP contribution in [-0.2, 0) is 40.4 Å². The Balaban J connectivity index is 0.00000684. The van der Waals surface area contributed by atoms with E-state index in [1.807, 2.05) is 30.3 Å². The third-order valence-electron chi connectivity index (χ3n) is 5.50. The summed E-state index contributed by atoms with van der Waals surface area (Å²) in [5.41, 5.74) is 0.793. The zero-order valence-electron chi connectivity index (χ0n) is 20.8. The van der Waals surface area contributed by atoms with Crippen molar-refractivity contribution >= 4 is 33.5 Å². The van der Waals surface area contributed by atoms with Crippen molar-refractivity contribution < 1.29 is 46.3 Å². The van der Waals surface area contributed by atoms with Gasteiger partial charge < -0.3 is 19.5 Å². The molecule has 0 bridgehead atoms. The second-order valence-corrected chi connectivity index (χ2v) is 9.51. The Labute approximate surface area is 215 Å². The van der Waals surface area contributed by atoms with Crippen LogP contribution in [0.1, 0.15) is 31.7 Å². The Hall–Kier alpha value is -3.35. The largest absolute Gasteiger partial charge is 0.497 e. The number of benzene rings is 2. The first-order valence-electron chi connectivity index (χ1n) is 11.2. The molecule has 2 rings (SSSR count). The number of amides is 1. The van der Waals surface area contributed by atoms with Crippen molar-refractivity contribution in [1.82, 2.24) is 0 Å². The average molecular weight is 542 g/mol. The molecule has 0 spiro atoms. The zero-order chi connectivity index (χ0) is 26.7. The number of hydrogen-bond acceptors (Lipinski definition) is 8. The highest BCUT2D eigenvalue weighted by Crippen LogP contribution is 2.27. The molecule has 0 aliphatic heterocycles. The Morgan fingerprint density at radius 1 is 1.05 bits per heavy atom. The molecule has 0 aromatic heterocycles. The summed E-state index contributed by atoms with van der Waals surface area (Å²) >= 11 is 0. The maximum Gasteiger partial charge on any atom is 0.335 e. The Bertz CT molecular complexity index is 1160. The van der Waals surface area contributed by atoms with E-state index in [-0.39, 0.29) is 41.4 Å². The van der Waals surface area contributed by atoms with Crippen molar-refractivity contribution in [3.63, 3.8) is 0 Å². The lowest BCUT2D eigenvalue weighted by molar-refractivity contribution is -0.155. The molecule has 2 aromatic carbocycles. The van der Waals surface area contributed by atoms with Gasteiger partial charge in [0.2, 0.25) is 5.91 Å². The van der Waals surface area contributed by atoms with Gasteiger partial charge in [-0.2, -0.15) is 8.42 Å². The van der Waals surface area contributed by atoms with E-state index in [2.05, 4.69) is 5.32 Å². The van der Waals surface area contributed by atoms with Crippen LogP contribution in [0, 0.1) is 5.92 Å². The highest BCUT2D eigenvalue weighted by Gasteiger charge is 2.23. The number of Topliss-reactive ketones (excluding diaryl/α,β-unsaturated/α-hetero) is 1. The smallest absolute Gasteiger partial charge is 0.335 e. The second kappa shape index (κ2) is 15.0. The number of halogens is 1. The first kappa shape index (κ1) is 31.7. The SMILES string of the molecule is COc1ccc(NC(=O)CC(CCCOC(=O)C(Cc2ccccc2)OC)C(C)=O)c(S(=O)(=O)O)c1.F. The first-order valence-corrected chi connectivity index (χ1v) is 12.7. The van der Waals surface area contributed by atoms with Crippen molar-refractivity contribution in [2.75, 3.05) is 26.1 Å². The molecule has 10 nitrogen and oxygen atoms in total. The van der Waals surface area contributed by atoms with E-state index in [9.17, 15) is 27.4 Å². The number of carbonyl (C=O) groups is 3. The van der Waals surface area contributed by atoms with Gasteiger partial charge in [-0.3, -0.25) is 18.8 Å². The summed E-state index contributed by atoms with van der Waals surface area (Å²) in [6.07, 6.45) is 0.00525. The van der Waals surface area contributed by atoms with Crippen molar-refractivity contribution in [2.24, 2.45) is 5.92 Å². The van der Waals surface area contributed by atoms with Crippen LogP contribution in [0.25, 0.3) is 0 Å². The van der Waals surface area contributed by atoms with E-state index in [0.717, 1.165) is 11.6 Å².